The summed E-state index contributed by atoms with van der Waals surface area (Å²) in [6, 6.07) is 22.2. The van der Waals surface area contributed by atoms with Crippen molar-refractivity contribution in [1.29, 1.82) is 0 Å². The number of hydrogen-bond acceptors (Lipinski definition) is 6. The second kappa shape index (κ2) is 11.3. The lowest BCUT2D eigenvalue weighted by Crippen LogP contribution is -2.21. The van der Waals surface area contributed by atoms with Gasteiger partial charge in [0.25, 0.3) is 0 Å². The Balaban J connectivity index is 1.61. The van der Waals surface area contributed by atoms with Gasteiger partial charge in [-0.1, -0.05) is 66.7 Å². The van der Waals surface area contributed by atoms with Crippen LogP contribution >= 0.6 is 0 Å². The minimum absolute atomic E-state index is 0.0187. The van der Waals surface area contributed by atoms with Crippen molar-refractivity contribution < 1.29 is 31.5 Å². The zero-order chi connectivity index (χ0) is 30.9. The zero-order valence-electron chi connectivity index (χ0n) is 22.7. The molecule has 2 aromatic heterocycles. The van der Waals surface area contributed by atoms with E-state index >= 15 is 0 Å². The normalized spacial score (nSPS) is 12.6. The molecule has 218 valence electrons. The van der Waals surface area contributed by atoms with E-state index in [0.29, 0.717) is 5.56 Å². The fraction of sp³-hybridized carbons (Fsp3) is 0.0938. The Morgan fingerprint density at radius 1 is 0.953 bits per heavy atom. The average Bonchev–Trinajstić information content (AvgIpc) is 3.00. The maximum absolute atomic E-state index is 14.1. The Kier molecular flexibility index (Phi) is 7.76. The van der Waals surface area contributed by atoms with Crippen LogP contribution in [0.1, 0.15) is 26.7 Å². The highest BCUT2D eigenvalue weighted by Crippen LogP contribution is 2.41. The van der Waals surface area contributed by atoms with Crippen LogP contribution in [0.5, 0.6) is 0 Å². The van der Waals surface area contributed by atoms with Crippen LogP contribution in [0.4, 0.5) is 24.5 Å². The number of hydrogen-bond donors (Lipinski definition) is 1. The van der Waals surface area contributed by atoms with Gasteiger partial charge in [-0.3, -0.25) is 4.98 Å². The monoisotopic (exact) mass is 603 g/mol. The van der Waals surface area contributed by atoms with Crippen LogP contribution < -0.4 is 4.90 Å². The highest BCUT2D eigenvalue weighted by Gasteiger charge is 2.34. The molecule has 0 amide bonds. The molecule has 5 rings (SSSR count). The second-order valence-corrected chi connectivity index (χ2v) is 11.6. The van der Waals surface area contributed by atoms with Gasteiger partial charge >= 0.3 is 12.1 Å². The molecule has 0 radical (unpaired) electrons. The summed E-state index contributed by atoms with van der Waals surface area (Å²) in [5, 5.41) is 8.44. The molecule has 11 heteroatoms. The van der Waals surface area contributed by atoms with Crippen molar-refractivity contribution in [2.24, 2.45) is 0 Å². The van der Waals surface area contributed by atoms with Crippen molar-refractivity contribution in [1.82, 2.24) is 9.97 Å². The Labute approximate surface area is 245 Å². The van der Waals surface area contributed by atoms with Crippen LogP contribution in [0.3, 0.4) is 0 Å². The molecule has 1 atom stereocenters. The minimum atomic E-state index is -4.64. The van der Waals surface area contributed by atoms with E-state index in [9.17, 15) is 31.5 Å². The number of halogens is 3. The molecule has 0 bridgehead atoms. The van der Waals surface area contributed by atoms with Crippen LogP contribution in [0, 0.1) is 0 Å². The lowest BCUT2D eigenvalue weighted by atomic mass is 10.0. The smallest absolute Gasteiger partial charge is 0.416 e. The molecule has 0 spiro atoms. The van der Waals surface area contributed by atoms with E-state index in [1.54, 1.807) is 24.3 Å². The molecule has 43 heavy (non-hydrogen) atoms. The SMILES string of the molecule is C=CC(c1ccc(-c2ccccc2)cc1)S(=O)(=O)c1ncccc1N(C)c1c(C(=O)O)cnc2cc(C(F)(F)F)ccc12. The standard InChI is InChI=1S/C32H24F3N3O4S/c1-3-28(22-13-11-21(12-14-22)20-8-5-4-6-9-20)43(41,42)30-27(10-7-17-36-30)38(2)29-24-16-15-23(32(33,34)35)18-26(24)37-19-25(29)31(39)40/h3-19,28H,1H2,2H3,(H,39,40). The van der Waals surface area contributed by atoms with Crippen molar-refractivity contribution in [2.75, 3.05) is 11.9 Å². The molecule has 1 unspecified atom stereocenters. The highest BCUT2D eigenvalue weighted by molar-refractivity contribution is 7.91. The number of aromatic nitrogens is 2. The van der Waals surface area contributed by atoms with Gasteiger partial charge in [-0.2, -0.15) is 13.2 Å². The van der Waals surface area contributed by atoms with Gasteiger partial charge in [-0.15, -0.1) is 6.58 Å². The lowest BCUT2D eigenvalue weighted by Gasteiger charge is -2.26. The summed E-state index contributed by atoms with van der Waals surface area (Å²) in [6.07, 6.45) is -1.12. The molecule has 7 nitrogen and oxygen atoms in total. The number of carboxylic acid groups (broad SMARTS) is 1. The highest BCUT2D eigenvalue weighted by atomic mass is 32.2. The number of pyridine rings is 2. The number of benzene rings is 3. The summed E-state index contributed by atoms with van der Waals surface area (Å²) in [7, 11) is -2.84. The number of anilines is 2. The van der Waals surface area contributed by atoms with Gasteiger partial charge in [0.15, 0.2) is 5.03 Å². The van der Waals surface area contributed by atoms with E-state index in [1.165, 1.54) is 36.4 Å². The number of nitrogens with zero attached hydrogens (tertiary/aromatic N) is 3. The predicted molar refractivity (Wildman–Crippen MR) is 158 cm³/mol. The number of aromatic carboxylic acids is 1. The lowest BCUT2D eigenvalue weighted by molar-refractivity contribution is -0.137. The molecule has 0 aliphatic rings. The van der Waals surface area contributed by atoms with Gasteiger partial charge < -0.3 is 10.0 Å². The topological polar surface area (TPSA) is 100 Å². The Morgan fingerprint density at radius 2 is 1.63 bits per heavy atom. The number of fused-ring (bicyclic) bond motifs is 1. The summed E-state index contributed by atoms with van der Waals surface area (Å²) in [6.45, 7) is 3.75. The molecule has 0 saturated heterocycles. The first-order valence-corrected chi connectivity index (χ1v) is 14.4. The maximum atomic E-state index is 14.1. The summed E-state index contributed by atoms with van der Waals surface area (Å²) >= 11 is 0. The van der Waals surface area contributed by atoms with Crippen molar-refractivity contribution >= 4 is 38.1 Å². The fourth-order valence-electron chi connectivity index (χ4n) is 4.91. The summed E-state index contributed by atoms with van der Waals surface area (Å²) in [5.74, 6) is -1.40. The predicted octanol–water partition coefficient (Wildman–Crippen LogP) is 7.48. The molecule has 5 aromatic rings. The van der Waals surface area contributed by atoms with E-state index in [0.717, 1.165) is 35.5 Å². The van der Waals surface area contributed by atoms with E-state index < -0.39 is 32.8 Å². The first-order valence-electron chi connectivity index (χ1n) is 12.9. The first kappa shape index (κ1) is 29.5. The van der Waals surface area contributed by atoms with Crippen molar-refractivity contribution in [2.45, 2.75) is 16.5 Å². The number of sulfone groups is 1. The van der Waals surface area contributed by atoms with E-state index in [2.05, 4.69) is 16.5 Å². The minimum Gasteiger partial charge on any atom is -0.478 e. The quantitative estimate of drug-likeness (QED) is 0.184. The van der Waals surface area contributed by atoms with Gasteiger partial charge in [0.2, 0.25) is 9.84 Å². The van der Waals surface area contributed by atoms with Gasteiger partial charge in [0.05, 0.1) is 22.5 Å². The number of carboxylic acids is 1. The Morgan fingerprint density at radius 3 is 2.26 bits per heavy atom. The Bertz CT molecular complexity index is 1950. The Hall–Kier alpha value is -5.03. The third-order valence-electron chi connectivity index (χ3n) is 7.01. The summed E-state index contributed by atoms with van der Waals surface area (Å²) < 4.78 is 68.3. The largest absolute Gasteiger partial charge is 0.478 e. The van der Waals surface area contributed by atoms with Gasteiger partial charge in [-0.05, 0) is 41.0 Å². The molecule has 0 saturated carbocycles. The van der Waals surface area contributed by atoms with Crippen molar-refractivity contribution in [3.8, 4) is 11.1 Å². The number of carbonyl (C=O) groups is 1. The van der Waals surface area contributed by atoms with Crippen molar-refractivity contribution in [3.63, 3.8) is 0 Å². The molecule has 2 heterocycles. The van der Waals surface area contributed by atoms with Crippen LogP contribution in [0.25, 0.3) is 22.0 Å². The van der Waals surface area contributed by atoms with Gasteiger partial charge in [0, 0.05) is 24.8 Å². The van der Waals surface area contributed by atoms with Gasteiger partial charge in [0.1, 0.15) is 10.8 Å². The molecular weight excluding hydrogens is 579 g/mol. The van der Waals surface area contributed by atoms with Crippen LogP contribution in [0.15, 0.2) is 115 Å². The molecule has 0 aliphatic carbocycles. The third-order valence-corrected chi connectivity index (χ3v) is 9.00. The molecule has 0 aliphatic heterocycles. The number of rotatable bonds is 8. The molecular formula is C32H24F3N3O4S. The van der Waals surface area contributed by atoms with Gasteiger partial charge in [-0.25, -0.2) is 18.2 Å². The molecule has 3 aromatic carbocycles. The first-order chi connectivity index (χ1) is 20.4. The summed E-state index contributed by atoms with van der Waals surface area (Å²) in [4.78, 5) is 21.6. The number of alkyl halides is 3. The summed E-state index contributed by atoms with van der Waals surface area (Å²) in [5.41, 5.74) is 0.860. The van der Waals surface area contributed by atoms with Crippen LogP contribution in [-0.2, 0) is 16.0 Å². The third kappa shape index (κ3) is 5.59. The maximum Gasteiger partial charge on any atom is 0.416 e. The van der Waals surface area contributed by atoms with Crippen LogP contribution in [-0.4, -0.2) is 36.5 Å². The second-order valence-electron chi connectivity index (χ2n) is 9.63. The fourth-order valence-corrected chi connectivity index (χ4v) is 6.62. The van der Waals surface area contributed by atoms with E-state index in [1.807, 2.05) is 30.3 Å². The zero-order valence-corrected chi connectivity index (χ0v) is 23.5. The van der Waals surface area contributed by atoms with E-state index in [-0.39, 0.29) is 32.9 Å². The molecule has 0 fully saturated rings. The average molecular weight is 604 g/mol. The van der Waals surface area contributed by atoms with Crippen molar-refractivity contribution in [3.05, 3.63) is 127 Å². The van der Waals surface area contributed by atoms with Crippen LogP contribution in [0.2, 0.25) is 0 Å². The van der Waals surface area contributed by atoms with E-state index in [4.69, 9.17) is 0 Å². The molecule has 1 N–H and O–H groups in total.